The molecule has 1 aliphatic heterocycles. The molecule has 2 atom stereocenters. The molecule has 1 fully saturated rings. The van der Waals surface area contributed by atoms with Crippen LogP contribution in [0.2, 0.25) is 5.02 Å². The van der Waals surface area contributed by atoms with Gasteiger partial charge in [-0.05, 0) is 37.0 Å². The Morgan fingerprint density at radius 2 is 2.11 bits per heavy atom. The fraction of sp³-hybridized carbons (Fsp3) is 0.625. The lowest BCUT2D eigenvalue weighted by molar-refractivity contribution is 0.117. The van der Waals surface area contributed by atoms with E-state index in [2.05, 4.69) is 49.2 Å². The van der Waals surface area contributed by atoms with Gasteiger partial charge in [0.05, 0.1) is 0 Å². The maximum atomic E-state index is 6.37. The summed E-state index contributed by atoms with van der Waals surface area (Å²) in [6.07, 6.45) is 2.38. The van der Waals surface area contributed by atoms with E-state index in [1.165, 1.54) is 24.0 Å². The van der Waals surface area contributed by atoms with Crippen LogP contribution < -0.4 is 5.32 Å². The Morgan fingerprint density at radius 3 is 2.74 bits per heavy atom. The predicted octanol–water partition coefficient (Wildman–Crippen LogP) is 3.61. The fourth-order valence-electron chi connectivity index (χ4n) is 2.80. The van der Waals surface area contributed by atoms with Gasteiger partial charge in [0.1, 0.15) is 0 Å². The number of aryl methyl sites for hydroxylation is 1. The van der Waals surface area contributed by atoms with Crippen LogP contribution in [-0.2, 0) is 6.54 Å². The second kappa shape index (κ2) is 6.74. The number of rotatable bonds is 4. The lowest BCUT2D eigenvalue weighted by Gasteiger charge is -2.40. The Bertz CT molecular complexity index is 419. The van der Waals surface area contributed by atoms with Crippen LogP contribution in [0, 0.1) is 6.92 Å². The molecule has 1 saturated heterocycles. The molecule has 2 unspecified atom stereocenters. The van der Waals surface area contributed by atoms with Crippen molar-refractivity contribution in [2.75, 3.05) is 13.1 Å². The first-order valence-corrected chi connectivity index (χ1v) is 7.74. The van der Waals surface area contributed by atoms with Gasteiger partial charge in [0.2, 0.25) is 0 Å². The molecule has 2 nitrogen and oxygen atoms in total. The van der Waals surface area contributed by atoms with Crippen LogP contribution in [0.1, 0.15) is 37.8 Å². The SMILES string of the molecule is CCC1CN(Cc2ccc(C)cc2Cl)C(CC)CN1. The highest BCUT2D eigenvalue weighted by Gasteiger charge is 2.26. The third kappa shape index (κ3) is 3.71. The Hall–Kier alpha value is -0.570. The highest BCUT2D eigenvalue weighted by Crippen LogP contribution is 2.22. The minimum absolute atomic E-state index is 0.618. The molecule has 1 aromatic rings. The topological polar surface area (TPSA) is 15.3 Å². The molecular weight excluding hydrogens is 256 g/mol. The molecule has 19 heavy (non-hydrogen) atoms. The molecule has 0 aliphatic carbocycles. The van der Waals surface area contributed by atoms with E-state index >= 15 is 0 Å². The molecule has 106 valence electrons. The van der Waals surface area contributed by atoms with Gasteiger partial charge in [-0.2, -0.15) is 0 Å². The van der Waals surface area contributed by atoms with Gasteiger partial charge in [0.25, 0.3) is 0 Å². The summed E-state index contributed by atoms with van der Waals surface area (Å²) in [5.74, 6) is 0. The van der Waals surface area contributed by atoms with Crippen molar-refractivity contribution in [2.45, 2.75) is 52.2 Å². The van der Waals surface area contributed by atoms with Crippen molar-refractivity contribution in [3.8, 4) is 0 Å². The Labute approximate surface area is 122 Å². The number of benzene rings is 1. The average molecular weight is 281 g/mol. The normalized spacial score (nSPS) is 24.6. The monoisotopic (exact) mass is 280 g/mol. The van der Waals surface area contributed by atoms with E-state index in [9.17, 15) is 0 Å². The number of nitrogens with one attached hydrogen (secondary N) is 1. The second-order valence-electron chi connectivity index (χ2n) is 5.60. The van der Waals surface area contributed by atoms with E-state index in [4.69, 9.17) is 11.6 Å². The summed E-state index contributed by atoms with van der Waals surface area (Å²) in [5.41, 5.74) is 2.48. The van der Waals surface area contributed by atoms with Crippen LogP contribution in [0.3, 0.4) is 0 Å². The minimum atomic E-state index is 0.618. The maximum absolute atomic E-state index is 6.37. The maximum Gasteiger partial charge on any atom is 0.0453 e. The van der Waals surface area contributed by atoms with Gasteiger partial charge in [0, 0.05) is 36.7 Å². The highest BCUT2D eigenvalue weighted by molar-refractivity contribution is 6.31. The fourth-order valence-corrected chi connectivity index (χ4v) is 3.09. The molecule has 3 heteroatoms. The second-order valence-corrected chi connectivity index (χ2v) is 6.01. The molecule has 2 rings (SSSR count). The molecule has 0 radical (unpaired) electrons. The highest BCUT2D eigenvalue weighted by atomic mass is 35.5. The minimum Gasteiger partial charge on any atom is -0.311 e. The van der Waals surface area contributed by atoms with Crippen molar-refractivity contribution in [1.82, 2.24) is 10.2 Å². The molecule has 0 amide bonds. The number of hydrogen-bond acceptors (Lipinski definition) is 2. The molecule has 1 heterocycles. The lowest BCUT2D eigenvalue weighted by atomic mass is 10.0. The van der Waals surface area contributed by atoms with Crippen molar-refractivity contribution < 1.29 is 0 Å². The largest absolute Gasteiger partial charge is 0.311 e. The third-order valence-corrected chi connectivity index (χ3v) is 4.51. The van der Waals surface area contributed by atoms with Gasteiger partial charge in [-0.15, -0.1) is 0 Å². The van der Waals surface area contributed by atoms with Gasteiger partial charge in [-0.3, -0.25) is 4.90 Å². The van der Waals surface area contributed by atoms with Gasteiger partial charge >= 0.3 is 0 Å². The van der Waals surface area contributed by atoms with Crippen LogP contribution in [0.4, 0.5) is 0 Å². The van der Waals surface area contributed by atoms with Crippen molar-refractivity contribution in [2.24, 2.45) is 0 Å². The summed E-state index contributed by atoms with van der Waals surface area (Å²) in [4.78, 5) is 2.58. The summed E-state index contributed by atoms with van der Waals surface area (Å²) >= 11 is 6.37. The number of hydrogen-bond donors (Lipinski definition) is 1. The Kier molecular flexibility index (Phi) is 5.26. The molecule has 0 spiro atoms. The zero-order chi connectivity index (χ0) is 13.8. The van der Waals surface area contributed by atoms with Crippen LogP contribution in [-0.4, -0.2) is 30.1 Å². The van der Waals surface area contributed by atoms with Crippen LogP contribution in [0.25, 0.3) is 0 Å². The predicted molar refractivity (Wildman–Crippen MR) is 82.8 cm³/mol. The third-order valence-electron chi connectivity index (χ3n) is 4.16. The summed E-state index contributed by atoms with van der Waals surface area (Å²) in [6, 6.07) is 7.64. The van der Waals surface area contributed by atoms with Crippen LogP contribution >= 0.6 is 11.6 Å². The number of piperazine rings is 1. The van der Waals surface area contributed by atoms with E-state index in [0.29, 0.717) is 12.1 Å². The van der Waals surface area contributed by atoms with E-state index in [0.717, 1.165) is 24.7 Å². The van der Waals surface area contributed by atoms with Crippen molar-refractivity contribution in [1.29, 1.82) is 0 Å². The molecule has 0 bridgehead atoms. The standard InChI is InChI=1S/C16H25ClN2/c1-4-14-11-19(15(5-2)9-18-14)10-13-7-6-12(3)8-16(13)17/h6-8,14-15,18H,4-5,9-11H2,1-3H3. The Balaban J connectivity index is 2.09. The zero-order valence-corrected chi connectivity index (χ0v) is 13.0. The molecule has 1 N–H and O–H groups in total. The van der Waals surface area contributed by atoms with Gasteiger partial charge in [-0.25, -0.2) is 0 Å². The smallest absolute Gasteiger partial charge is 0.0453 e. The van der Waals surface area contributed by atoms with E-state index in [1.54, 1.807) is 0 Å². The van der Waals surface area contributed by atoms with Crippen molar-refractivity contribution in [3.63, 3.8) is 0 Å². The first kappa shape index (κ1) is 14.8. The first-order valence-electron chi connectivity index (χ1n) is 7.36. The summed E-state index contributed by atoms with van der Waals surface area (Å²) in [5, 5.41) is 4.54. The molecule has 0 saturated carbocycles. The van der Waals surface area contributed by atoms with Crippen LogP contribution in [0.15, 0.2) is 18.2 Å². The average Bonchev–Trinajstić information content (AvgIpc) is 2.41. The molecule has 1 aromatic carbocycles. The first-order chi connectivity index (χ1) is 9.13. The van der Waals surface area contributed by atoms with Gasteiger partial charge in [0.15, 0.2) is 0 Å². The van der Waals surface area contributed by atoms with Crippen molar-refractivity contribution in [3.05, 3.63) is 34.3 Å². The quantitative estimate of drug-likeness (QED) is 0.906. The van der Waals surface area contributed by atoms with E-state index in [-0.39, 0.29) is 0 Å². The zero-order valence-electron chi connectivity index (χ0n) is 12.2. The summed E-state index contributed by atoms with van der Waals surface area (Å²) < 4.78 is 0. The summed E-state index contributed by atoms with van der Waals surface area (Å²) in [7, 11) is 0. The van der Waals surface area contributed by atoms with Gasteiger partial charge < -0.3 is 5.32 Å². The molecule has 0 aromatic heterocycles. The van der Waals surface area contributed by atoms with E-state index < -0.39 is 0 Å². The molecular formula is C16H25ClN2. The van der Waals surface area contributed by atoms with E-state index in [1.807, 2.05) is 0 Å². The lowest BCUT2D eigenvalue weighted by Crippen LogP contribution is -2.55. The number of halogens is 1. The van der Waals surface area contributed by atoms with Crippen molar-refractivity contribution >= 4 is 11.6 Å². The Morgan fingerprint density at radius 1 is 1.32 bits per heavy atom. The molecule has 1 aliphatic rings. The van der Waals surface area contributed by atoms with Crippen LogP contribution in [0.5, 0.6) is 0 Å². The summed E-state index contributed by atoms with van der Waals surface area (Å²) in [6.45, 7) is 9.79. The van der Waals surface area contributed by atoms with Gasteiger partial charge in [-0.1, -0.05) is 37.6 Å². The number of nitrogens with zero attached hydrogens (tertiary/aromatic N) is 1.